The minimum absolute atomic E-state index is 0.322. The Morgan fingerprint density at radius 2 is 1.41 bits per heavy atom. The van der Waals surface area contributed by atoms with Crippen molar-refractivity contribution < 1.29 is 40.3 Å². The zero-order valence-electron chi connectivity index (χ0n) is 11.0. The highest BCUT2D eigenvalue weighted by Gasteiger charge is 2.72. The molecule has 0 aromatic heterocycles. The number of alkyl halides is 7. The van der Waals surface area contributed by atoms with Crippen LogP contribution in [0.4, 0.5) is 30.7 Å². The Balaban J connectivity index is 2.61. The molecule has 124 valence electrons. The second kappa shape index (κ2) is 6.53. The maximum atomic E-state index is 13.3. The van der Waals surface area contributed by atoms with Gasteiger partial charge in [-0.15, -0.1) is 0 Å². The highest BCUT2D eigenvalue weighted by atomic mass is 19.4. The smallest absolute Gasteiger partial charge is 0.431 e. The molecule has 0 saturated carbocycles. The van der Waals surface area contributed by atoms with Gasteiger partial charge < -0.3 is 4.74 Å². The van der Waals surface area contributed by atoms with Crippen LogP contribution in [0.2, 0.25) is 0 Å². The van der Waals surface area contributed by atoms with Crippen molar-refractivity contribution in [3.8, 4) is 0 Å². The summed E-state index contributed by atoms with van der Waals surface area (Å²) in [6.45, 7) is -0.322. The van der Waals surface area contributed by atoms with Crippen molar-refractivity contribution in [1.82, 2.24) is 0 Å². The Morgan fingerprint density at radius 1 is 0.909 bits per heavy atom. The highest BCUT2D eigenvalue weighted by molar-refractivity contribution is 5.69. The quantitative estimate of drug-likeness (QED) is 0.592. The first kappa shape index (κ1) is 18.2. The molecule has 0 spiro atoms. The predicted molar refractivity (Wildman–Crippen MR) is 61.4 cm³/mol. The standard InChI is InChI=1S/C13H11F7O2/c14-11(12(15,16)17,13(18,19)20)7-6-10(21)22-8-9-4-2-1-3-5-9/h1-5H,6-8H2. The van der Waals surface area contributed by atoms with Crippen molar-refractivity contribution in [1.29, 1.82) is 0 Å². The molecular formula is C13H11F7O2. The lowest BCUT2D eigenvalue weighted by Gasteiger charge is -2.29. The third kappa shape index (κ3) is 4.35. The summed E-state index contributed by atoms with van der Waals surface area (Å²) < 4.78 is 91.3. The van der Waals surface area contributed by atoms with Gasteiger partial charge in [0.1, 0.15) is 6.61 Å². The van der Waals surface area contributed by atoms with Gasteiger partial charge in [0.05, 0.1) is 0 Å². The molecule has 0 aliphatic rings. The number of hydrogen-bond donors (Lipinski definition) is 0. The molecule has 1 aromatic carbocycles. The topological polar surface area (TPSA) is 26.3 Å². The number of carbonyl (C=O) groups excluding carboxylic acids is 1. The first-order valence-corrected chi connectivity index (χ1v) is 5.99. The molecular weight excluding hydrogens is 321 g/mol. The van der Waals surface area contributed by atoms with Crippen molar-refractivity contribution in [2.45, 2.75) is 37.5 Å². The summed E-state index contributed by atoms with van der Waals surface area (Å²) in [7, 11) is 0. The van der Waals surface area contributed by atoms with Crippen molar-refractivity contribution in [2.75, 3.05) is 0 Å². The minimum atomic E-state index is -6.16. The molecule has 0 atom stereocenters. The van der Waals surface area contributed by atoms with Gasteiger partial charge in [-0.2, -0.15) is 26.3 Å². The van der Waals surface area contributed by atoms with E-state index >= 15 is 0 Å². The Kier molecular flexibility index (Phi) is 5.42. The maximum Gasteiger partial charge on any atom is 0.431 e. The summed E-state index contributed by atoms with van der Waals surface area (Å²) in [6.07, 6.45) is -15.7. The molecule has 0 N–H and O–H groups in total. The molecule has 1 aromatic rings. The van der Waals surface area contributed by atoms with E-state index in [0.717, 1.165) is 0 Å². The van der Waals surface area contributed by atoms with Crippen LogP contribution >= 0.6 is 0 Å². The average molecular weight is 332 g/mol. The first-order valence-electron chi connectivity index (χ1n) is 5.99. The van der Waals surface area contributed by atoms with Crippen LogP contribution in [-0.2, 0) is 16.1 Å². The van der Waals surface area contributed by atoms with Crippen LogP contribution in [0.5, 0.6) is 0 Å². The van der Waals surface area contributed by atoms with E-state index in [1.165, 1.54) is 12.1 Å². The summed E-state index contributed by atoms with van der Waals surface area (Å²) in [4.78, 5) is 11.2. The third-order valence-corrected chi connectivity index (χ3v) is 2.81. The lowest BCUT2D eigenvalue weighted by atomic mass is 9.98. The van der Waals surface area contributed by atoms with E-state index in [-0.39, 0.29) is 6.61 Å². The van der Waals surface area contributed by atoms with Crippen molar-refractivity contribution >= 4 is 5.97 Å². The average Bonchev–Trinajstić information content (AvgIpc) is 2.41. The molecule has 22 heavy (non-hydrogen) atoms. The van der Waals surface area contributed by atoms with E-state index in [4.69, 9.17) is 0 Å². The fraction of sp³-hybridized carbons (Fsp3) is 0.462. The summed E-state index contributed by atoms with van der Waals surface area (Å²) in [5.74, 6) is -1.35. The Bertz CT molecular complexity index is 479. The molecule has 0 amide bonds. The summed E-state index contributed by atoms with van der Waals surface area (Å²) in [5.41, 5.74) is -4.94. The zero-order chi connectivity index (χ0) is 17.0. The van der Waals surface area contributed by atoms with E-state index in [0.29, 0.717) is 5.56 Å². The van der Waals surface area contributed by atoms with Gasteiger partial charge in [-0.1, -0.05) is 30.3 Å². The Morgan fingerprint density at radius 3 is 1.86 bits per heavy atom. The first-order chi connectivity index (χ1) is 9.97. The van der Waals surface area contributed by atoms with E-state index in [1.54, 1.807) is 18.2 Å². The van der Waals surface area contributed by atoms with Crippen LogP contribution in [0.25, 0.3) is 0 Å². The molecule has 0 bridgehead atoms. The number of halogens is 7. The van der Waals surface area contributed by atoms with Crippen LogP contribution < -0.4 is 0 Å². The highest BCUT2D eigenvalue weighted by Crippen LogP contribution is 2.48. The monoisotopic (exact) mass is 332 g/mol. The number of carbonyl (C=O) groups is 1. The van der Waals surface area contributed by atoms with Gasteiger partial charge in [0.2, 0.25) is 0 Å². The van der Waals surface area contributed by atoms with Gasteiger partial charge >= 0.3 is 18.3 Å². The van der Waals surface area contributed by atoms with Crippen LogP contribution in [0.1, 0.15) is 18.4 Å². The number of ether oxygens (including phenoxy) is 1. The minimum Gasteiger partial charge on any atom is -0.461 e. The molecule has 0 saturated heterocycles. The molecule has 1 rings (SSSR count). The largest absolute Gasteiger partial charge is 0.461 e. The van der Waals surface area contributed by atoms with Crippen LogP contribution in [0.3, 0.4) is 0 Å². The normalized spacial score (nSPS) is 13.0. The lowest BCUT2D eigenvalue weighted by Crippen LogP contribution is -2.53. The predicted octanol–water partition coefficient (Wildman–Crippen LogP) is 4.34. The molecule has 0 aliphatic heterocycles. The van der Waals surface area contributed by atoms with Crippen LogP contribution in [0.15, 0.2) is 30.3 Å². The molecule has 0 radical (unpaired) electrons. The van der Waals surface area contributed by atoms with Gasteiger partial charge in [-0.25, -0.2) is 4.39 Å². The Hall–Kier alpha value is -1.80. The summed E-state index contributed by atoms with van der Waals surface area (Å²) in [6, 6.07) is 7.94. The molecule has 9 heteroatoms. The van der Waals surface area contributed by atoms with E-state index in [1.807, 2.05) is 0 Å². The maximum absolute atomic E-state index is 13.3. The zero-order valence-corrected chi connectivity index (χ0v) is 11.0. The van der Waals surface area contributed by atoms with Gasteiger partial charge in [0, 0.05) is 12.8 Å². The fourth-order valence-corrected chi connectivity index (χ4v) is 1.53. The molecule has 0 fully saturated rings. The van der Waals surface area contributed by atoms with Crippen LogP contribution in [-0.4, -0.2) is 24.0 Å². The Labute approximate surface area is 120 Å². The van der Waals surface area contributed by atoms with Gasteiger partial charge in [-0.05, 0) is 5.56 Å². The van der Waals surface area contributed by atoms with Crippen molar-refractivity contribution in [3.05, 3.63) is 35.9 Å². The number of benzene rings is 1. The third-order valence-electron chi connectivity index (χ3n) is 2.81. The van der Waals surface area contributed by atoms with E-state index in [2.05, 4.69) is 4.74 Å². The van der Waals surface area contributed by atoms with E-state index in [9.17, 15) is 35.5 Å². The van der Waals surface area contributed by atoms with Gasteiger partial charge in [0.25, 0.3) is 5.67 Å². The summed E-state index contributed by atoms with van der Waals surface area (Å²) >= 11 is 0. The van der Waals surface area contributed by atoms with Crippen molar-refractivity contribution in [3.63, 3.8) is 0 Å². The van der Waals surface area contributed by atoms with Crippen LogP contribution in [0, 0.1) is 0 Å². The molecule has 0 aliphatic carbocycles. The number of hydrogen-bond acceptors (Lipinski definition) is 2. The molecule has 0 heterocycles. The lowest BCUT2D eigenvalue weighted by molar-refractivity contribution is -0.343. The number of esters is 1. The SMILES string of the molecule is O=C(CCC(F)(C(F)(F)F)C(F)(F)F)OCc1ccccc1. The van der Waals surface area contributed by atoms with E-state index < -0.39 is 36.8 Å². The van der Waals surface area contributed by atoms with Gasteiger partial charge in [0.15, 0.2) is 0 Å². The fourth-order valence-electron chi connectivity index (χ4n) is 1.53. The summed E-state index contributed by atoms with van der Waals surface area (Å²) in [5, 5.41) is 0. The molecule has 0 unspecified atom stereocenters. The molecule has 2 nitrogen and oxygen atoms in total. The second-order valence-corrected chi connectivity index (χ2v) is 4.44. The van der Waals surface area contributed by atoms with Gasteiger partial charge in [-0.3, -0.25) is 4.79 Å². The second-order valence-electron chi connectivity index (χ2n) is 4.44. The number of rotatable bonds is 5. The van der Waals surface area contributed by atoms with Crippen molar-refractivity contribution in [2.24, 2.45) is 0 Å².